The molecule has 6 rings (SSSR count). The quantitative estimate of drug-likeness (QED) is 0.0722. The largest absolute Gasteiger partial charge is 0.496 e. The molecule has 1 atom stereocenters. The van der Waals surface area contributed by atoms with Crippen molar-refractivity contribution in [2.45, 2.75) is 71.7 Å². The molecule has 8 heteroatoms. The van der Waals surface area contributed by atoms with Crippen molar-refractivity contribution in [3.8, 4) is 33.8 Å². The molecule has 0 radical (unpaired) electrons. The molecule has 2 heterocycles. The van der Waals surface area contributed by atoms with Gasteiger partial charge in [-0.2, -0.15) is 0 Å². The summed E-state index contributed by atoms with van der Waals surface area (Å²) in [5, 5.41) is 1.58. The zero-order chi connectivity index (χ0) is 37.5. The molecule has 274 valence electrons. The minimum absolute atomic E-state index is 0.146. The highest BCUT2D eigenvalue weighted by Crippen LogP contribution is 2.29. The smallest absolute Gasteiger partial charge is 0.344 e. The molecule has 0 bridgehead atoms. The Morgan fingerprint density at radius 1 is 0.679 bits per heavy atom. The first-order valence-corrected chi connectivity index (χ1v) is 18.1. The van der Waals surface area contributed by atoms with Crippen molar-refractivity contribution in [3.63, 3.8) is 0 Å². The Balaban J connectivity index is 1.20. The van der Waals surface area contributed by atoms with Crippen molar-refractivity contribution in [1.29, 1.82) is 0 Å². The van der Waals surface area contributed by atoms with Crippen LogP contribution in [0.3, 0.4) is 0 Å². The molecule has 0 fully saturated rings. The van der Waals surface area contributed by atoms with Gasteiger partial charge in [-0.3, -0.25) is 0 Å². The van der Waals surface area contributed by atoms with Gasteiger partial charge in [0.1, 0.15) is 47.6 Å². The summed E-state index contributed by atoms with van der Waals surface area (Å²) in [6.45, 7) is 14.0. The van der Waals surface area contributed by atoms with E-state index in [1.165, 1.54) is 6.26 Å². The van der Waals surface area contributed by atoms with Crippen molar-refractivity contribution >= 4 is 21.9 Å². The molecular formula is C45H46O8. The van der Waals surface area contributed by atoms with Crippen molar-refractivity contribution in [2.75, 3.05) is 13.2 Å². The van der Waals surface area contributed by atoms with Gasteiger partial charge in [-0.25, -0.2) is 9.59 Å². The Hall–Kier alpha value is -5.60. The number of hydrogen-bond donors (Lipinski definition) is 0. The van der Waals surface area contributed by atoms with E-state index in [9.17, 15) is 9.59 Å². The number of hydrogen-bond acceptors (Lipinski definition) is 8. The highest BCUT2D eigenvalue weighted by Gasteiger charge is 2.25. The Kier molecular flexibility index (Phi) is 11.5. The van der Waals surface area contributed by atoms with Crippen molar-refractivity contribution in [1.82, 2.24) is 0 Å². The molecule has 0 N–H and O–H groups in total. The van der Waals surface area contributed by atoms with Gasteiger partial charge in [0, 0.05) is 29.3 Å². The molecule has 0 aliphatic rings. The topological polar surface area (TPSA) is 97.3 Å². The molecule has 1 unspecified atom stereocenters. The highest BCUT2D eigenvalue weighted by atomic mass is 16.6. The SMILES string of the molecule is C=COC(C)(C)CC(C)OC(COc1ccc2cc(-c3ccccc3CC)c(=O)oc2c1)COc1ccc2cc(-c3ccccc3CC)c(=O)oc2c1. The summed E-state index contributed by atoms with van der Waals surface area (Å²) in [7, 11) is 0. The van der Waals surface area contributed by atoms with E-state index in [2.05, 4.69) is 20.4 Å². The van der Waals surface area contributed by atoms with Gasteiger partial charge in [-0.1, -0.05) is 69.0 Å². The van der Waals surface area contributed by atoms with Gasteiger partial charge in [0.25, 0.3) is 0 Å². The molecule has 2 aromatic heterocycles. The monoisotopic (exact) mass is 714 g/mol. The molecule has 4 aromatic carbocycles. The van der Waals surface area contributed by atoms with Crippen molar-refractivity contribution < 1.29 is 27.8 Å². The van der Waals surface area contributed by atoms with Gasteiger partial charge in [0.15, 0.2) is 0 Å². The summed E-state index contributed by atoms with van der Waals surface area (Å²) in [4.78, 5) is 26.2. The van der Waals surface area contributed by atoms with Crippen LogP contribution >= 0.6 is 0 Å². The van der Waals surface area contributed by atoms with Crippen LogP contribution in [-0.2, 0) is 22.3 Å². The summed E-state index contributed by atoms with van der Waals surface area (Å²) >= 11 is 0. The number of rotatable bonds is 16. The van der Waals surface area contributed by atoms with Crippen LogP contribution in [0.1, 0.15) is 52.2 Å². The number of benzene rings is 4. The molecule has 0 spiro atoms. The molecule has 6 aromatic rings. The van der Waals surface area contributed by atoms with Crippen molar-refractivity contribution in [3.05, 3.63) is 142 Å². The van der Waals surface area contributed by atoms with E-state index >= 15 is 0 Å². The summed E-state index contributed by atoms with van der Waals surface area (Å²) < 4.78 is 36.2. The molecule has 0 saturated heterocycles. The highest BCUT2D eigenvalue weighted by molar-refractivity contribution is 5.84. The van der Waals surface area contributed by atoms with Gasteiger partial charge in [0.2, 0.25) is 0 Å². The first-order chi connectivity index (χ1) is 25.6. The second kappa shape index (κ2) is 16.4. The van der Waals surface area contributed by atoms with E-state index in [-0.39, 0.29) is 19.3 Å². The lowest BCUT2D eigenvalue weighted by atomic mass is 9.98. The second-order valence-electron chi connectivity index (χ2n) is 13.8. The summed E-state index contributed by atoms with van der Waals surface area (Å²) in [6.07, 6.45) is 2.90. The predicted octanol–water partition coefficient (Wildman–Crippen LogP) is 9.92. The molecule has 0 amide bonds. The molecule has 0 aliphatic carbocycles. The van der Waals surface area contributed by atoms with E-state index < -0.39 is 23.0 Å². The van der Waals surface area contributed by atoms with E-state index in [0.29, 0.717) is 40.2 Å². The fourth-order valence-corrected chi connectivity index (χ4v) is 6.77. The Morgan fingerprint density at radius 2 is 1.15 bits per heavy atom. The molecular weight excluding hydrogens is 668 g/mol. The fourth-order valence-electron chi connectivity index (χ4n) is 6.77. The second-order valence-corrected chi connectivity index (χ2v) is 13.8. The lowest BCUT2D eigenvalue weighted by Crippen LogP contribution is -2.35. The Morgan fingerprint density at radius 3 is 1.60 bits per heavy atom. The summed E-state index contributed by atoms with van der Waals surface area (Å²) in [5.74, 6) is 1.04. The predicted molar refractivity (Wildman–Crippen MR) is 210 cm³/mol. The van der Waals surface area contributed by atoms with Crippen LogP contribution < -0.4 is 20.7 Å². The standard InChI is InChI=1S/C45H46O8/c1-7-30-14-10-12-16-37(30)39-22-32-18-20-34(24-41(32)52-43(39)46)48-27-36(51-29(4)26-45(5,6)50-9-3)28-49-35-21-19-33-23-40(44(47)53-42(33)25-35)38-17-13-11-15-31(38)8-2/h9-25,29,36H,3,7-8,26-28H2,1-2,4-6H3. The zero-order valence-corrected chi connectivity index (χ0v) is 31.0. The molecule has 0 saturated carbocycles. The normalized spacial score (nSPS) is 12.3. The van der Waals surface area contributed by atoms with Gasteiger partial charge in [-0.05, 0) is 92.3 Å². The van der Waals surface area contributed by atoms with E-state index in [1.807, 2.05) is 106 Å². The summed E-state index contributed by atoms with van der Waals surface area (Å²) in [6, 6.07) is 30.3. The van der Waals surface area contributed by atoms with Crippen LogP contribution in [0.2, 0.25) is 0 Å². The third-order valence-electron chi connectivity index (χ3n) is 9.27. The first kappa shape index (κ1) is 37.2. The molecule has 53 heavy (non-hydrogen) atoms. The lowest BCUT2D eigenvalue weighted by Gasteiger charge is -2.30. The number of fused-ring (bicyclic) bond motifs is 2. The average molecular weight is 715 g/mol. The minimum Gasteiger partial charge on any atom is -0.496 e. The summed E-state index contributed by atoms with van der Waals surface area (Å²) in [5.41, 5.74) is 4.51. The van der Waals surface area contributed by atoms with Crippen LogP contribution in [0, 0.1) is 0 Å². The minimum atomic E-state index is -0.504. The molecule has 0 aliphatic heterocycles. The van der Waals surface area contributed by atoms with E-state index in [4.69, 9.17) is 27.8 Å². The van der Waals surface area contributed by atoms with Gasteiger partial charge < -0.3 is 27.8 Å². The van der Waals surface area contributed by atoms with Gasteiger partial charge in [-0.15, -0.1) is 0 Å². The fraction of sp³-hybridized carbons (Fsp3) is 0.289. The van der Waals surface area contributed by atoms with Crippen LogP contribution in [0.15, 0.2) is 128 Å². The van der Waals surface area contributed by atoms with Crippen LogP contribution in [0.4, 0.5) is 0 Å². The van der Waals surface area contributed by atoms with Crippen LogP contribution in [0.5, 0.6) is 11.5 Å². The number of aryl methyl sites for hydroxylation is 2. The Bertz CT molecular complexity index is 2180. The maximum atomic E-state index is 13.1. The molecule has 8 nitrogen and oxygen atoms in total. The lowest BCUT2D eigenvalue weighted by molar-refractivity contribution is -0.0772. The first-order valence-electron chi connectivity index (χ1n) is 18.1. The third-order valence-corrected chi connectivity index (χ3v) is 9.27. The maximum Gasteiger partial charge on any atom is 0.344 e. The van der Waals surface area contributed by atoms with Crippen molar-refractivity contribution in [2.24, 2.45) is 0 Å². The number of ether oxygens (including phenoxy) is 4. The van der Waals surface area contributed by atoms with Crippen LogP contribution in [-0.4, -0.2) is 31.0 Å². The van der Waals surface area contributed by atoms with Gasteiger partial charge >= 0.3 is 11.3 Å². The van der Waals surface area contributed by atoms with E-state index in [0.717, 1.165) is 45.9 Å². The maximum absolute atomic E-state index is 13.1. The van der Waals surface area contributed by atoms with E-state index in [1.54, 1.807) is 12.1 Å². The average Bonchev–Trinajstić information content (AvgIpc) is 3.14. The Labute approximate surface area is 309 Å². The van der Waals surface area contributed by atoms with Crippen LogP contribution in [0.25, 0.3) is 44.2 Å². The zero-order valence-electron chi connectivity index (χ0n) is 31.0. The third kappa shape index (κ3) is 8.90. The van der Waals surface area contributed by atoms with Gasteiger partial charge in [0.05, 0.1) is 23.5 Å².